The van der Waals surface area contributed by atoms with Gasteiger partial charge in [0.2, 0.25) is 5.95 Å². The Bertz CT molecular complexity index is 481. The molecule has 0 atom stereocenters. The zero-order valence-electron chi connectivity index (χ0n) is 9.72. The standard InChI is InChI=1S/C12H15N5/c1-2-9-4-3-5-14-11(9)8-17-12-15-6-10(13)7-16-12/h3-7H,2,8,13H2,1H3,(H,15,16,17). The van der Waals surface area contributed by atoms with Crippen molar-refractivity contribution in [2.75, 3.05) is 11.1 Å². The lowest BCUT2D eigenvalue weighted by Crippen LogP contribution is -2.07. The molecule has 0 radical (unpaired) electrons. The van der Waals surface area contributed by atoms with Crippen molar-refractivity contribution in [1.82, 2.24) is 15.0 Å². The number of nitrogen functional groups attached to an aromatic ring is 1. The molecule has 5 heteroatoms. The highest BCUT2D eigenvalue weighted by Crippen LogP contribution is 2.08. The molecule has 0 unspecified atom stereocenters. The highest BCUT2D eigenvalue weighted by molar-refractivity contribution is 5.36. The number of hydrogen-bond acceptors (Lipinski definition) is 5. The first-order valence-electron chi connectivity index (χ1n) is 5.53. The van der Waals surface area contributed by atoms with Crippen molar-refractivity contribution < 1.29 is 0 Å². The van der Waals surface area contributed by atoms with Gasteiger partial charge in [-0.25, -0.2) is 9.97 Å². The van der Waals surface area contributed by atoms with Crippen LogP contribution in [-0.2, 0) is 13.0 Å². The Morgan fingerprint density at radius 1 is 1.24 bits per heavy atom. The highest BCUT2D eigenvalue weighted by Gasteiger charge is 2.02. The van der Waals surface area contributed by atoms with Crippen molar-refractivity contribution in [3.8, 4) is 0 Å². The summed E-state index contributed by atoms with van der Waals surface area (Å²) in [5, 5.41) is 3.12. The fraction of sp³-hybridized carbons (Fsp3) is 0.250. The van der Waals surface area contributed by atoms with Crippen LogP contribution in [0.5, 0.6) is 0 Å². The van der Waals surface area contributed by atoms with Crippen LogP contribution in [0.1, 0.15) is 18.2 Å². The van der Waals surface area contributed by atoms with E-state index in [1.54, 1.807) is 18.6 Å². The Labute approximate surface area is 100 Å². The summed E-state index contributed by atoms with van der Waals surface area (Å²) in [5.74, 6) is 0.562. The van der Waals surface area contributed by atoms with Gasteiger partial charge in [0.15, 0.2) is 0 Å². The second-order valence-corrected chi connectivity index (χ2v) is 3.66. The topological polar surface area (TPSA) is 76.7 Å². The third-order valence-electron chi connectivity index (χ3n) is 2.45. The van der Waals surface area contributed by atoms with E-state index < -0.39 is 0 Å². The summed E-state index contributed by atoms with van der Waals surface area (Å²) in [6, 6.07) is 4.02. The van der Waals surface area contributed by atoms with Crippen molar-refractivity contribution in [2.45, 2.75) is 19.9 Å². The van der Waals surface area contributed by atoms with Gasteiger partial charge in [0.05, 0.1) is 30.3 Å². The van der Waals surface area contributed by atoms with Crippen LogP contribution in [0.3, 0.4) is 0 Å². The second kappa shape index (κ2) is 5.25. The van der Waals surface area contributed by atoms with Crippen LogP contribution in [-0.4, -0.2) is 15.0 Å². The molecular weight excluding hydrogens is 214 g/mol. The van der Waals surface area contributed by atoms with E-state index in [-0.39, 0.29) is 0 Å². The third-order valence-corrected chi connectivity index (χ3v) is 2.45. The SMILES string of the molecule is CCc1cccnc1CNc1ncc(N)cn1. The van der Waals surface area contributed by atoms with Crippen LogP contribution in [0.15, 0.2) is 30.7 Å². The van der Waals surface area contributed by atoms with Crippen molar-refractivity contribution >= 4 is 11.6 Å². The van der Waals surface area contributed by atoms with Crippen molar-refractivity contribution in [3.63, 3.8) is 0 Å². The number of hydrogen-bond donors (Lipinski definition) is 2. The van der Waals surface area contributed by atoms with E-state index in [1.807, 2.05) is 6.07 Å². The Kier molecular flexibility index (Phi) is 3.49. The van der Waals surface area contributed by atoms with Gasteiger partial charge in [0.1, 0.15) is 0 Å². The molecule has 0 amide bonds. The highest BCUT2D eigenvalue weighted by atomic mass is 15.1. The van der Waals surface area contributed by atoms with E-state index in [0.29, 0.717) is 18.2 Å². The van der Waals surface area contributed by atoms with Crippen molar-refractivity contribution in [1.29, 1.82) is 0 Å². The summed E-state index contributed by atoms with van der Waals surface area (Å²) in [5.41, 5.74) is 8.33. The molecule has 5 nitrogen and oxygen atoms in total. The minimum absolute atomic E-state index is 0.558. The van der Waals surface area contributed by atoms with Crippen LogP contribution >= 0.6 is 0 Å². The maximum Gasteiger partial charge on any atom is 0.223 e. The first-order valence-corrected chi connectivity index (χ1v) is 5.53. The van der Waals surface area contributed by atoms with E-state index >= 15 is 0 Å². The summed E-state index contributed by atoms with van der Waals surface area (Å²) in [6.07, 6.45) is 5.91. The molecule has 0 spiro atoms. The number of aryl methyl sites for hydroxylation is 1. The number of pyridine rings is 1. The first-order chi connectivity index (χ1) is 8.29. The summed E-state index contributed by atoms with van der Waals surface area (Å²) < 4.78 is 0. The van der Waals surface area contributed by atoms with Gasteiger partial charge in [-0.2, -0.15) is 0 Å². The molecule has 0 aliphatic heterocycles. The van der Waals surface area contributed by atoms with Gasteiger partial charge in [0.25, 0.3) is 0 Å². The lowest BCUT2D eigenvalue weighted by molar-refractivity contribution is 0.952. The van der Waals surface area contributed by atoms with Crippen molar-refractivity contribution in [2.24, 2.45) is 0 Å². The molecule has 0 saturated heterocycles. The number of nitrogens with one attached hydrogen (secondary N) is 1. The monoisotopic (exact) mass is 229 g/mol. The Hall–Kier alpha value is -2.17. The molecule has 0 bridgehead atoms. The number of nitrogens with zero attached hydrogens (tertiary/aromatic N) is 3. The molecule has 2 rings (SSSR count). The van der Waals surface area contributed by atoms with Gasteiger partial charge in [-0.15, -0.1) is 0 Å². The first kappa shape index (κ1) is 11.3. The molecule has 2 heterocycles. The second-order valence-electron chi connectivity index (χ2n) is 3.66. The van der Waals surface area contributed by atoms with E-state index in [9.17, 15) is 0 Å². The average molecular weight is 229 g/mol. The number of nitrogens with two attached hydrogens (primary N) is 1. The average Bonchev–Trinajstić information content (AvgIpc) is 2.38. The summed E-state index contributed by atoms with van der Waals surface area (Å²) >= 11 is 0. The van der Waals surface area contributed by atoms with Gasteiger partial charge in [-0.05, 0) is 18.1 Å². The molecule has 17 heavy (non-hydrogen) atoms. The Morgan fingerprint density at radius 2 is 2.00 bits per heavy atom. The van der Waals surface area contributed by atoms with Crippen LogP contribution in [0.4, 0.5) is 11.6 Å². The Balaban J connectivity index is 2.04. The lowest BCUT2D eigenvalue weighted by Gasteiger charge is -2.07. The molecule has 0 aromatic carbocycles. The van der Waals surface area contributed by atoms with E-state index in [2.05, 4.69) is 33.3 Å². The predicted octanol–water partition coefficient (Wildman–Crippen LogP) is 1.63. The smallest absolute Gasteiger partial charge is 0.223 e. The van der Waals surface area contributed by atoms with Crippen LogP contribution in [0.2, 0.25) is 0 Å². The van der Waals surface area contributed by atoms with Gasteiger partial charge in [0, 0.05) is 6.20 Å². The molecule has 2 aromatic rings. The number of aromatic nitrogens is 3. The molecule has 0 aliphatic rings. The minimum atomic E-state index is 0.558. The minimum Gasteiger partial charge on any atom is -0.396 e. The zero-order valence-corrected chi connectivity index (χ0v) is 9.72. The van der Waals surface area contributed by atoms with E-state index in [0.717, 1.165) is 12.1 Å². The summed E-state index contributed by atoms with van der Waals surface area (Å²) in [7, 11) is 0. The zero-order chi connectivity index (χ0) is 12.1. The van der Waals surface area contributed by atoms with E-state index in [4.69, 9.17) is 5.73 Å². The van der Waals surface area contributed by atoms with E-state index in [1.165, 1.54) is 5.56 Å². The molecule has 0 fully saturated rings. The number of anilines is 2. The van der Waals surface area contributed by atoms with Crippen LogP contribution < -0.4 is 11.1 Å². The summed E-state index contributed by atoms with van der Waals surface area (Å²) in [6.45, 7) is 2.73. The molecule has 0 saturated carbocycles. The maximum atomic E-state index is 5.51. The lowest BCUT2D eigenvalue weighted by atomic mass is 10.1. The normalized spacial score (nSPS) is 10.2. The van der Waals surface area contributed by atoms with Gasteiger partial charge < -0.3 is 11.1 Å². The molecule has 0 aliphatic carbocycles. The van der Waals surface area contributed by atoms with Gasteiger partial charge in [-0.1, -0.05) is 13.0 Å². The van der Waals surface area contributed by atoms with Gasteiger partial charge in [-0.3, -0.25) is 4.98 Å². The molecule has 2 aromatic heterocycles. The molecular formula is C12H15N5. The fourth-order valence-corrected chi connectivity index (χ4v) is 1.54. The molecule has 88 valence electrons. The van der Waals surface area contributed by atoms with Gasteiger partial charge >= 0.3 is 0 Å². The quantitative estimate of drug-likeness (QED) is 0.833. The van der Waals surface area contributed by atoms with Crippen LogP contribution in [0, 0.1) is 0 Å². The Morgan fingerprint density at radius 3 is 2.71 bits per heavy atom. The summed E-state index contributed by atoms with van der Waals surface area (Å²) in [4.78, 5) is 12.5. The number of rotatable bonds is 4. The maximum absolute atomic E-state index is 5.51. The third kappa shape index (κ3) is 2.90. The van der Waals surface area contributed by atoms with Crippen molar-refractivity contribution in [3.05, 3.63) is 42.0 Å². The molecule has 3 N–H and O–H groups in total. The largest absolute Gasteiger partial charge is 0.396 e. The predicted molar refractivity (Wildman–Crippen MR) is 67.4 cm³/mol. The van der Waals surface area contributed by atoms with Crippen LogP contribution in [0.25, 0.3) is 0 Å². The fourth-order valence-electron chi connectivity index (χ4n) is 1.54.